The van der Waals surface area contributed by atoms with E-state index in [1.165, 1.54) is 0 Å². The molecule has 1 saturated heterocycles. The lowest BCUT2D eigenvalue weighted by Gasteiger charge is -2.18. The first-order chi connectivity index (χ1) is 14.1. The van der Waals surface area contributed by atoms with Gasteiger partial charge in [0.15, 0.2) is 5.96 Å². The van der Waals surface area contributed by atoms with E-state index in [4.69, 9.17) is 9.72 Å². The van der Waals surface area contributed by atoms with Gasteiger partial charge in [0.05, 0.1) is 19.3 Å². The van der Waals surface area contributed by atoms with Crippen LogP contribution in [0.15, 0.2) is 34.6 Å². The van der Waals surface area contributed by atoms with Crippen LogP contribution in [0, 0.1) is 0 Å². The molecule has 3 rings (SSSR count). The first-order valence-electron chi connectivity index (χ1n) is 10.0. The van der Waals surface area contributed by atoms with Gasteiger partial charge in [0.25, 0.3) is 0 Å². The van der Waals surface area contributed by atoms with Crippen molar-refractivity contribution in [3.8, 4) is 16.3 Å². The highest BCUT2D eigenvalue weighted by atomic mass is 127. The van der Waals surface area contributed by atoms with Crippen molar-refractivity contribution in [1.82, 2.24) is 20.5 Å². The van der Waals surface area contributed by atoms with E-state index in [9.17, 15) is 4.79 Å². The number of hydrogen-bond acceptors (Lipinski definition) is 5. The number of likely N-dealkylation sites (tertiary alicyclic amines) is 1. The number of nitrogens with zero attached hydrogens (tertiary/aromatic N) is 3. The van der Waals surface area contributed by atoms with Crippen LogP contribution in [-0.2, 0) is 11.3 Å². The van der Waals surface area contributed by atoms with Crippen molar-refractivity contribution in [3.63, 3.8) is 0 Å². The largest absolute Gasteiger partial charge is 0.497 e. The molecule has 1 aliphatic rings. The summed E-state index contributed by atoms with van der Waals surface area (Å²) in [6.07, 6.45) is 1.50. The van der Waals surface area contributed by atoms with Gasteiger partial charge >= 0.3 is 0 Å². The summed E-state index contributed by atoms with van der Waals surface area (Å²) in [6, 6.07) is 8.14. The Morgan fingerprint density at radius 2 is 2.10 bits per heavy atom. The molecule has 0 saturated carbocycles. The van der Waals surface area contributed by atoms with E-state index in [-0.39, 0.29) is 35.9 Å². The van der Waals surface area contributed by atoms with Crippen LogP contribution >= 0.6 is 35.3 Å². The molecule has 2 N–H and O–H groups in total. The summed E-state index contributed by atoms with van der Waals surface area (Å²) >= 11 is 1.61. The van der Waals surface area contributed by atoms with Crippen molar-refractivity contribution in [2.75, 3.05) is 26.7 Å². The van der Waals surface area contributed by atoms with E-state index in [1.807, 2.05) is 48.4 Å². The number of benzene rings is 1. The molecule has 2 aromatic rings. The molecule has 7 nitrogen and oxygen atoms in total. The maximum absolute atomic E-state index is 11.9. The summed E-state index contributed by atoms with van der Waals surface area (Å²) in [5, 5.41) is 9.76. The smallest absolute Gasteiger partial charge is 0.222 e. The third-order valence-corrected chi connectivity index (χ3v) is 5.76. The lowest BCUT2D eigenvalue weighted by molar-refractivity contribution is -0.129. The van der Waals surface area contributed by atoms with Crippen LogP contribution in [0.4, 0.5) is 0 Å². The molecule has 2 heterocycles. The van der Waals surface area contributed by atoms with Crippen molar-refractivity contribution >= 4 is 47.2 Å². The van der Waals surface area contributed by atoms with Crippen molar-refractivity contribution in [1.29, 1.82) is 0 Å². The Hall–Kier alpha value is -1.88. The minimum absolute atomic E-state index is 0. The number of amides is 1. The number of ether oxygens (including phenoxy) is 1. The second kappa shape index (κ2) is 12.1. The first-order valence-corrected chi connectivity index (χ1v) is 10.9. The van der Waals surface area contributed by atoms with Crippen LogP contribution in [0.5, 0.6) is 5.75 Å². The fraction of sp³-hybridized carbons (Fsp3) is 0.476. The Kier molecular flexibility index (Phi) is 9.83. The van der Waals surface area contributed by atoms with Crippen molar-refractivity contribution in [2.45, 2.75) is 39.3 Å². The molecule has 1 aliphatic heterocycles. The summed E-state index contributed by atoms with van der Waals surface area (Å²) in [7, 11) is 1.66. The maximum Gasteiger partial charge on any atom is 0.222 e. The van der Waals surface area contributed by atoms with Crippen molar-refractivity contribution in [2.24, 2.45) is 4.99 Å². The predicted octanol–water partition coefficient (Wildman–Crippen LogP) is 3.50. The van der Waals surface area contributed by atoms with Gasteiger partial charge in [-0.15, -0.1) is 35.3 Å². The Bertz CT molecular complexity index is 840. The topological polar surface area (TPSA) is 78.9 Å². The quantitative estimate of drug-likeness (QED) is 0.318. The summed E-state index contributed by atoms with van der Waals surface area (Å²) in [6.45, 7) is 6.78. The molecule has 0 radical (unpaired) electrons. The summed E-state index contributed by atoms with van der Waals surface area (Å²) in [5.74, 6) is 1.81. The lowest BCUT2D eigenvalue weighted by Crippen LogP contribution is -2.45. The van der Waals surface area contributed by atoms with Crippen LogP contribution in [-0.4, -0.2) is 54.5 Å². The number of carbonyl (C=O) groups excluding carboxylic acids is 1. The number of halogens is 1. The highest BCUT2D eigenvalue weighted by molar-refractivity contribution is 14.0. The molecule has 30 heavy (non-hydrogen) atoms. The van der Waals surface area contributed by atoms with E-state index in [2.05, 4.69) is 15.6 Å². The normalized spacial score (nSPS) is 16.2. The minimum atomic E-state index is 0. The van der Waals surface area contributed by atoms with Gasteiger partial charge in [-0.1, -0.05) is 6.92 Å². The highest BCUT2D eigenvalue weighted by Gasteiger charge is 2.25. The summed E-state index contributed by atoms with van der Waals surface area (Å²) in [5.41, 5.74) is 2.01. The van der Waals surface area contributed by atoms with Gasteiger partial charge in [0.1, 0.15) is 10.8 Å². The fourth-order valence-electron chi connectivity index (χ4n) is 3.25. The zero-order valence-electron chi connectivity index (χ0n) is 17.7. The Morgan fingerprint density at radius 1 is 1.33 bits per heavy atom. The highest BCUT2D eigenvalue weighted by Crippen LogP contribution is 2.25. The van der Waals surface area contributed by atoms with Gasteiger partial charge in [0, 0.05) is 43.0 Å². The molecule has 1 aromatic carbocycles. The van der Waals surface area contributed by atoms with Gasteiger partial charge in [-0.3, -0.25) is 4.79 Å². The first kappa shape index (κ1) is 24.4. The van der Waals surface area contributed by atoms with Crippen LogP contribution in [0.3, 0.4) is 0 Å². The molecule has 1 aromatic heterocycles. The average Bonchev–Trinajstić information content (AvgIpc) is 3.41. The number of aromatic nitrogens is 1. The van der Waals surface area contributed by atoms with Gasteiger partial charge in [0.2, 0.25) is 5.91 Å². The van der Waals surface area contributed by atoms with Crippen LogP contribution in [0.2, 0.25) is 0 Å². The van der Waals surface area contributed by atoms with Crippen LogP contribution in [0.1, 0.15) is 32.4 Å². The Balaban J connectivity index is 0.00000320. The molecular formula is C21H30IN5O2S. The molecule has 9 heteroatoms. The molecule has 0 bridgehead atoms. The molecular weight excluding hydrogens is 513 g/mol. The molecule has 164 valence electrons. The SMILES string of the molecule is CCNC(=NCc1csc(-c2ccc(OC)cc2)n1)NC1CCN(C(=O)CC)C1.I. The number of thiazole rings is 1. The second-order valence-corrected chi connectivity index (χ2v) is 7.75. The Labute approximate surface area is 199 Å². The van der Waals surface area contributed by atoms with Crippen molar-refractivity contribution in [3.05, 3.63) is 35.3 Å². The maximum atomic E-state index is 11.9. The molecule has 0 spiro atoms. The van der Waals surface area contributed by atoms with Crippen LogP contribution in [0.25, 0.3) is 10.6 Å². The zero-order chi connectivity index (χ0) is 20.6. The summed E-state index contributed by atoms with van der Waals surface area (Å²) in [4.78, 5) is 23.2. The fourth-order valence-corrected chi connectivity index (χ4v) is 4.06. The zero-order valence-corrected chi connectivity index (χ0v) is 20.8. The van der Waals surface area contributed by atoms with E-state index in [1.54, 1.807) is 18.4 Å². The van der Waals surface area contributed by atoms with E-state index in [0.717, 1.165) is 54.0 Å². The number of carbonyl (C=O) groups is 1. The van der Waals surface area contributed by atoms with E-state index < -0.39 is 0 Å². The van der Waals surface area contributed by atoms with Crippen LogP contribution < -0.4 is 15.4 Å². The average molecular weight is 543 g/mol. The third-order valence-electron chi connectivity index (χ3n) is 4.82. The molecule has 1 unspecified atom stereocenters. The Morgan fingerprint density at radius 3 is 2.77 bits per heavy atom. The van der Waals surface area contributed by atoms with Gasteiger partial charge in [-0.2, -0.15) is 0 Å². The minimum Gasteiger partial charge on any atom is -0.497 e. The van der Waals surface area contributed by atoms with E-state index >= 15 is 0 Å². The summed E-state index contributed by atoms with van der Waals surface area (Å²) < 4.78 is 5.21. The standard InChI is InChI=1S/C21H29N5O2S.HI/c1-4-19(27)26-11-10-16(13-26)25-21(22-5-2)23-12-17-14-29-20(24-17)15-6-8-18(28-3)9-7-15;/h6-9,14,16H,4-5,10-13H2,1-3H3,(H2,22,23,25);1H. The molecule has 1 amide bonds. The molecule has 0 aliphatic carbocycles. The van der Waals surface area contributed by atoms with Gasteiger partial charge < -0.3 is 20.3 Å². The van der Waals surface area contributed by atoms with Gasteiger partial charge in [-0.05, 0) is 37.6 Å². The number of guanidine groups is 1. The lowest BCUT2D eigenvalue weighted by atomic mass is 10.2. The number of rotatable bonds is 7. The third kappa shape index (κ3) is 6.56. The van der Waals surface area contributed by atoms with Crippen molar-refractivity contribution < 1.29 is 9.53 Å². The number of hydrogen-bond donors (Lipinski definition) is 2. The van der Waals surface area contributed by atoms with E-state index in [0.29, 0.717) is 13.0 Å². The molecule has 1 atom stereocenters. The predicted molar refractivity (Wildman–Crippen MR) is 133 cm³/mol. The molecule has 1 fully saturated rings. The monoisotopic (exact) mass is 543 g/mol. The number of methoxy groups -OCH3 is 1. The number of nitrogens with one attached hydrogen (secondary N) is 2. The van der Waals surface area contributed by atoms with Gasteiger partial charge in [-0.25, -0.2) is 9.98 Å². The second-order valence-electron chi connectivity index (χ2n) is 6.89. The number of aliphatic imine (C=N–C) groups is 1.